The topological polar surface area (TPSA) is 185 Å². The van der Waals surface area contributed by atoms with Crippen molar-refractivity contribution >= 4 is 50.3 Å². The highest BCUT2D eigenvalue weighted by Crippen LogP contribution is 2.46. The van der Waals surface area contributed by atoms with Gasteiger partial charge < -0.3 is 35.4 Å². The Morgan fingerprint density at radius 2 is 1.20 bits per heavy atom. The normalized spacial score (nSPS) is 16.4. The Morgan fingerprint density at radius 1 is 0.704 bits per heavy atom. The molecule has 282 valence electrons. The molecule has 54 heavy (non-hydrogen) atoms. The lowest BCUT2D eigenvalue weighted by Gasteiger charge is -2.07. The summed E-state index contributed by atoms with van der Waals surface area (Å²) in [6.07, 6.45) is 13.8. The maximum atomic E-state index is 11.3. The number of nitrogens with two attached hydrogens (primary N) is 2. The zero-order valence-electron chi connectivity index (χ0n) is 30.9. The van der Waals surface area contributed by atoms with E-state index in [0.29, 0.717) is 29.2 Å². The number of aromatic nitrogens is 3. The number of carboxylic acid groups (broad SMARTS) is 2. The van der Waals surface area contributed by atoms with Crippen LogP contribution in [0.3, 0.4) is 0 Å². The zero-order chi connectivity index (χ0) is 38.4. The number of non-ortho nitro benzene ring substituents is 1. The predicted molar refractivity (Wildman–Crippen MR) is 210 cm³/mol. The molecule has 3 aliphatic rings. The molecule has 3 heterocycles. The maximum absolute atomic E-state index is 11.3. The highest BCUT2D eigenvalue weighted by Gasteiger charge is 2.31. The highest BCUT2D eigenvalue weighted by molar-refractivity contribution is 5.96. The summed E-state index contributed by atoms with van der Waals surface area (Å²) in [6, 6.07) is 16.6. The first-order chi connectivity index (χ1) is 25.8. The lowest BCUT2D eigenvalue weighted by molar-refractivity contribution is -0.383. The minimum Gasteiger partial charge on any atom is -0.480 e. The summed E-state index contributed by atoms with van der Waals surface area (Å²) >= 11 is 0. The Morgan fingerprint density at radius 3 is 1.76 bits per heavy atom. The fourth-order valence-corrected chi connectivity index (χ4v) is 7.92. The monoisotopic (exact) mass is 732 g/mol. The molecule has 6 aromatic rings. The first-order valence-electron chi connectivity index (χ1n) is 18.7. The number of nitro benzene ring substituents is 1. The molecule has 0 spiro atoms. The number of benzene rings is 3. The molecular formula is C42H48N6O6. The average Bonchev–Trinajstić information content (AvgIpc) is 4.04. The third kappa shape index (κ3) is 7.49. The summed E-state index contributed by atoms with van der Waals surface area (Å²) < 4.78 is 6.19. The number of aliphatic carboxylic acids is 2. The smallest absolute Gasteiger partial charge is 0.320 e. The number of rotatable bonds is 10. The molecule has 0 saturated heterocycles. The van der Waals surface area contributed by atoms with Crippen molar-refractivity contribution in [1.29, 1.82) is 0 Å². The lowest BCUT2D eigenvalue weighted by Crippen LogP contribution is -2.32. The van der Waals surface area contributed by atoms with Crippen LogP contribution in [0.2, 0.25) is 0 Å². The third-order valence-electron chi connectivity index (χ3n) is 11.0. The van der Waals surface area contributed by atoms with Crippen molar-refractivity contribution < 1.29 is 24.7 Å². The third-order valence-corrected chi connectivity index (χ3v) is 11.0. The van der Waals surface area contributed by atoms with Gasteiger partial charge in [0.1, 0.15) is 12.1 Å². The van der Waals surface area contributed by atoms with Gasteiger partial charge in [-0.2, -0.15) is 0 Å². The van der Waals surface area contributed by atoms with Crippen LogP contribution in [-0.4, -0.2) is 52.9 Å². The molecule has 6 N–H and O–H groups in total. The number of fused-ring (bicyclic) bond motifs is 3. The molecule has 12 nitrogen and oxygen atoms in total. The van der Waals surface area contributed by atoms with E-state index >= 15 is 0 Å². The molecule has 2 atom stereocenters. The molecule has 3 aromatic carbocycles. The first kappa shape index (κ1) is 36.9. The van der Waals surface area contributed by atoms with Gasteiger partial charge in [0.15, 0.2) is 0 Å². The number of carboxylic acids is 2. The number of aryl methyl sites for hydroxylation is 3. The summed E-state index contributed by atoms with van der Waals surface area (Å²) in [6.45, 7) is 0. The van der Waals surface area contributed by atoms with Crippen molar-refractivity contribution in [2.45, 2.75) is 81.2 Å². The maximum Gasteiger partial charge on any atom is 0.320 e. The van der Waals surface area contributed by atoms with E-state index in [1.807, 2.05) is 30.9 Å². The van der Waals surface area contributed by atoms with Crippen LogP contribution in [0.4, 0.5) is 5.69 Å². The van der Waals surface area contributed by atoms with Crippen LogP contribution in [0, 0.1) is 10.1 Å². The zero-order valence-corrected chi connectivity index (χ0v) is 30.9. The molecule has 0 aliphatic heterocycles. The Labute approximate surface area is 313 Å². The second-order valence-corrected chi connectivity index (χ2v) is 15.3. The van der Waals surface area contributed by atoms with Gasteiger partial charge in [0.05, 0.1) is 26.9 Å². The summed E-state index contributed by atoms with van der Waals surface area (Å²) in [4.78, 5) is 32.8. The van der Waals surface area contributed by atoms with Crippen molar-refractivity contribution in [3.63, 3.8) is 0 Å². The molecule has 3 saturated carbocycles. The second kappa shape index (κ2) is 14.8. The number of hydrogen-bond acceptors (Lipinski definition) is 6. The van der Waals surface area contributed by atoms with Gasteiger partial charge in [0.2, 0.25) is 0 Å². The fraction of sp³-hybridized carbons (Fsp3) is 0.381. The summed E-state index contributed by atoms with van der Waals surface area (Å²) in [7, 11) is 5.98. The average molecular weight is 733 g/mol. The van der Waals surface area contributed by atoms with Crippen LogP contribution < -0.4 is 11.5 Å². The molecule has 2 unspecified atom stereocenters. The molecule has 3 aromatic heterocycles. The molecule has 0 amide bonds. The molecule has 0 radical (unpaired) electrons. The van der Waals surface area contributed by atoms with Gasteiger partial charge in [-0.1, -0.05) is 36.4 Å². The Hall–Kier alpha value is -5.46. The van der Waals surface area contributed by atoms with E-state index in [4.69, 9.17) is 21.7 Å². The molecule has 12 heteroatoms. The van der Waals surface area contributed by atoms with Crippen molar-refractivity contribution in [3.05, 3.63) is 111 Å². The Balaban J connectivity index is 0.000000129. The van der Waals surface area contributed by atoms with E-state index in [2.05, 4.69) is 64.8 Å². The van der Waals surface area contributed by atoms with Gasteiger partial charge in [-0.15, -0.1) is 0 Å². The van der Waals surface area contributed by atoms with Gasteiger partial charge in [-0.3, -0.25) is 19.7 Å². The van der Waals surface area contributed by atoms with Gasteiger partial charge in [0.25, 0.3) is 5.69 Å². The van der Waals surface area contributed by atoms with Gasteiger partial charge in [-0.05, 0) is 102 Å². The molecule has 3 aliphatic carbocycles. The van der Waals surface area contributed by atoms with E-state index in [-0.39, 0.29) is 12.1 Å². The number of nitro groups is 1. The van der Waals surface area contributed by atoms with E-state index in [1.165, 1.54) is 53.7 Å². The lowest BCUT2D eigenvalue weighted by atomic mass is 10.0. The minimum absolute atomic E-state index is 0.00703. The first-order valence-corrected chi connectivity index (χ1v) is 18.7. The molecule has 0 bridgehead atoms. The molecule has 3 fully saturated rings. The van der Waals surface area contributed by atoms with E-state index in [9.17, 15) is 19.7 Å². The van der Waals surface area contributed by atoms with Crippen molar-refractivity contribution in [2.24, 2.45) is 32.6 Å². The van der Waals surface area contributed by atoms with Crippen molar-refractivity contribution in [1.82, 2.24) is 13.7 Å². The second-order valence-electron chi connectivity index (χ2n) is 15.3. The number of hydrogen-bond donors (Lipinski definition) is 4. The number of para-hydroxylation sites is 2. The van der Waals surface area contributed by atoms with Crippen molar-refractivity contribution in [3.8, 4) is 0 Å². The van der Waals surface area contributed by atoms with Gasteiger partial charge in [0, 0.05) is 64.0 Å². The van der Waals surface area contributed by atoms with E-state index in [1.54, 1.807) is 11.8 Å². The molecule has 9 rings (SSSR count). The molecular weight excluding hydrogens is 684 g/mol. The van der Waals surface area contributed by atoms with Gasteiger partial charge >= 0.3 is 11.9 Å². The van der Waals surface area contributed by atoms with Crippen LogP contribution in [0.15, 0.2) is 73.2 Å². The Kier molecular flexibility index (Phi) is 10.1. The Bertz CT molecular complexity index is 2390. The van der Waals surface area contributed by atoms with Crippen LogP contribution >= 0.6 is 0 Å². The van der Waals surface area contributed by atoms with Crippen LogP contribution in [0.1, 0.15) is 84.1 Å². The minimum atomic E-state index is -1.11. The van der Waals surface area contributed by atoms with Crippen LogP contribution in [0.5, 0.6) is 0 Å². The van der Waals surface area contributed by atoms with E-state index in [0.717, 1.165) is 40.8 Å². The standard InChI is InChI=1S/C15H17N3O4.C15H18N2O2.C12H13N/c1-17-7-9(6-11(16)15(19)20)13-12(18(21)22)5-4-10(14(13)17)8-2-3-8;1-17-8-10(7-13(16)15(18)19)12-4-2-3-11(14(12)17)9-5-6-9;1-13-8-7-10-3-2-4-11(12(10)13)9-5-6-9/h4-5,7-8,11H,2-3,6,16H2,1H3,(H,19,20);2-4,8-9,13H,5-7,16H2,1H3,(H,18,19);2-4,7-9H,5-6H2,1H3. The van der Waals surface area contributed by atoms with Crippen LogP contribution in [0.25, 0.3) is 32.7 Å². The van der Waals surface area contributed by atoms with E-state index < -0.39 is 28.9 Å². The summed E-state index contributed by atoms with van der Waals surface area (Å²) in [5.74, 6) is -0.0955. The largest absolute Gasteiger partial charge is 0.480 e. The number of nitrogens with zero attached hydrogens (tertiary/aromatic N) is 4. The van der Waals surface area contributed by atoms with Crippen molar-refractivity contribution in [2.75, 3.05) is 0 Å². The fourth-order valence-electron chi connectivity index (χ4n) is 7.92. The predicted octanol–water partition coefficient (Wildman–Crippen LogP) is 6.98. The summed E-state index contributed by atoms with van der Waals surface area (Å²) in [5.41, 5.74) is 20.4. The highest BCUT2D eigenvalue weighted by atomic mass is 16.6. The number of carbonyl (C=O) groups is 2. The SMILES string of the molecule is Cn1cc(CC(N)C(=O)O)c2c([N+](=O)[O-])ccc(C3CC3)c21.Cn1cc(CC(N)C(=O)O)c2cccc(C3CC3)c21.Cn1ccc2cccc(C3CC3)c21. The van der Waals surface area contributed by atoms with Crippen LogP contribution in [-0.2, 0) is 43.6 Å². The quantitative estimate of drug-likeness (QED) is 0.0858. The van der Waals surface area contributed by atoms with Gasteiger partial charge in [-0.25, -0.2) is 0 Å². The summed E-state index contributed by atoms with van der Waals surface area (Å²) in [5, 5.41) is 32.3.